The van der Waals surface area contributed by atoms with E-state index < -0.39 is 5.54 Å². The highest BCUT2D eigenvalue weighted by Crippen LogP contribution is 2.52. The molecule has 5 nitrogen and oxygen atoms in total. The third-order valence-corrected chi connectivity index (χ3v) is 11.8. The fraction of sp³-hybridized carbons (Fsp3) is 0.184. The number of fused-ring (bicyclic) bond motifs is 8. The molecule has 3 unspecified atom stereocenters. The van der Waals surface area contributed by atoms with Crippen LogP contribution in [0.1, 0.15) is 50.4 Å². The zero-order valence-corrected chi connectivity index (χ0v) is 30.1. The summed E-state index contributed by atoms with van der Waals surface area (Å²) in [6.45, 7) is 2.36. The summed E-state index contributed by atoms with van der Waals surface area (Å²) >= 11 is 0. The minimum Gasteiger partial charge on any atom is -0.485 e. The van der Waals surface area contributed by atoms with Crippen LogP contribution in [0.4, 0.5) is 17.1 Å². The number of allylic oxidation sites excluding steroid dienone is 8. The Balaban J connectivity index is 1.14. The van der Waals surface area contributed by atoms with Crippen molar-refractivity contribution >= 4 is 56.0 Å². The third kappa shape index (κ3) is 4.73. The Labute approximate surface area is 314 Å². The lowest BCUT2D eigenvalue weighted by atomic mass is 9.79. The fourth-order valence-corrected chi connectivity index (χ4v) is 9.45. The number of anilines is 3. The molecule has 0 saturated carbocycles. The molecule has 54 heavy (non-hydrogen) atoms. The Morgan fingerprint density at radius 3 is 2.56 bits per heavy atom. The summed E-state index contributed by atoms with van der Waals surface area (Å²) in [6, 6.07) is 34.6. The summed E-state index contributed by atoms with van der Waals surface area (Å²) in [5, 5.41) is 3.21. The van der Waals surface area contributed by atoms with Crippen LogP contribution >= 0.6 is 0 Å². The molecule has 0 saturated heterocycles. The standard InChI is InChI=1S/C49H38N2O3/c1-49(29-13-24-45-48(49)39-30-34(26-28-43(39)53-45)50(32-14-4-2-5-15-32)33-16-6-3-7-17-33)51(35-25-27-37-36-18-8-10-21-41(36)54-46(37)31-35)40-20-12-23-44-47(40)38-19-9-11-22-42(38)52-44/h2-6,8-11,13-16,18-19,21-24,26,28,30-31,36,41H,7,17,25,27,29H2,1H3. The van der Waals surface area contributed by atoms with E-state index in [2.05, 4.69) is 150 Å². The zero-order chi connectivity index (χ0) is 35.8. The molecule has 0 spiro atoms. The van der Waals surface area contributed by atoms with Crippen molar-refractivity contribution in [2.24, 2.45) is 5.92 Å². The van der Waals surface area contributed by atoms with Crippen LogP contribution in [0.2, 0.25) is 0 Å². The number of hydrogen-bond donors (Lipinski definition) is 0. The first-order valence-corrected chi connectivity index (χ1v) is 19.1. The van der Waals surface area contributed by atoms with E-state index in [1.165, 1.54) is 17.0 Å². The van der Waals surface area contributed by atoms with Gasteiger partial charge in [-0.3, -0.25) is 0 Å². The van der Waals surface area contributed by atoms with Crippen molar-refractivity contribution in [2.75, 3.05) is 9.80 Å². The summed E-state index contributed by atoms with van der Waals surface area (Å²) < 4.78 is 19.9. The molecule has 6 aromatic rings. The van der Waals surface area contributed by atoms with E-state index in [9.17, 15) is 0 Å². The molecular weight excluding hydrogens is 665 g/mol. The summed E-state index contributed by atoms with van der Waals surface area (Å²) in [7, 11) is 0. The van der Waals surface area contributed by atoms with Crippen molar-refractivity contribution in [3.8, 4) is 0 Å². The maximum absolute atomic E-state index is 6.76. The SMILES string of the molecule is CC1(N(C2=CC3=C(CC2)C2C=CC=CC2O3)c2c#ccc3oc4ccccc4c23)CC=Cc2oc3ccc(N(C4=CC=CCC4)c4ccccc4)cc3c21. The lowest BCUT2D eigenvalue weighted by Gasteiger charge is -2.45. The van der Waals surface area contributed by atoms with Crippen molar-refractivity contribution in [3.05, 3.63) is 180 Å². The first-order valence-electron chi connectivity index (χ1n) is 19.1. The molecule has 0 bridgehead atoms. The van der Waals surface area contributed by atoms with E-state index in [1.54, 1.807) is 0 Å². The van der Waals surface area contributed by atoms with Crippen LogP contribution < -0.4 is 9.80 Å². The zero-order valence-electron chi connectivity index (χ0n) is 30.1. The van der Waals surface area contributed by atoms with Gasteiger partial charge in [0, 0.05) is 51.1 Å². The summed E-state index contributed by atoms with van der Waals surface area (Å²) in [4.78, 5) is 4.91. The van der Waals surface area contributed by atoms with Crippen LogP contribution in [0.25, 0.3) is 39.0 Å². The smallest absolute Gasteiger partial charge is 0.146 e. The molecule has 3 atom stereocenters. The largest absolute Gasteiger partial charge is 0.485 e. The first kappa shape index (κ1) is 31.2. The molecule has 4 aromatic carbocycles. The normalized spacial score (nSPS) is 22.5. The van der Waals surface area contributed by atoms with Crippen LogP contribution in [0.5, 0.6) is 0 Å². The van der Waals surface area contributed by atoms with Crippen molar-refractivity contribution in [1.82, 2.24) is 0 Å². The van der Waals surface area contributed by atoms with Crippen molar-refractivity contribution in [3.63, 3.8) is 0 Å². The van der Waals surface area contributed by atoms with Crippen LogP contribution in [-0.4, -0.2) is 6.10 Å². The monoisotopic (exact) mass is 702 g/mol. The average Bonchev–Trinajstić information content (AvgIpc) is 3.91. The average molecular weight is 703 g/mol. The van der Waals surface area contributed by atoms with Gasteiger partial charge in [-0.25, -0.2) is 0 Å². The van der Waals surface area contributed by atoms with E-state index in [1.807, 2.05) is 18.2 Å². The molecule has 3 heterocycles. The lowest BCUT2D eigenvalue weighted by Crippen LogP contribution is -2.45. The maximum atomic E-state index is 6.76. The van der Waals surface area contributed by atoms with E-state index >= 15 is 0 Å². The Morgan fingerprint density at radius 1 is 0.778 bits per heavy atom. The van der Waals surface area contributed by atoms with Gasteiger partial charge in [-0.15, -0.1) is 0 Å². The van der Waals surface area contributed by atoms with Gasteiger partial charge in [0.05, 0.1) is 10.9 Å². The minimum absolute atomic E-state index is 0.0450. The molecule has 2 aromatic heterocycles. The Morgan fingerprint density at radius 2 is 1.65 bits per heavy atom. The van der Waals surface area contributed by atoms with Crippen LogP contribution in [-0.2, 0) is 10.3 Å². The predicted octanol–water partition coefficient (Wildman–Crippen LogP) is 12.5. The fourth-order valence-electron chi connectivity index (χ4n) is 9.45. The molecule has 262 valence electrons. The molecule has 4 aliphatic carbocycles. The summed E-state index contributed by atoms with van der Waals surface area (Å²) in [5.74, 6) is 2.16. The topological polar surface area (TPSA) is 42.0 Å². The highest BCUT2D eigenvalue weighted by molar-refractivity contribution is 6.11. The third-order valence-electron chi connectivity index (χ3n) is 11.8. The quantitative estimate of drug-likeness (QED) is 0.173. The number of ether oxygens (including phenoxy) is 1. The molecule has 11 rings (SSSR count). The van der Waals surface area contributed by atoms with Crippen molar-refractivity contribution in [1.29, 1.82) is 0 Å². The minimum atomic E-state index is -0.565. The van der Waals surface area contributed by atoms with Gasteiger partial charge >= 0.3 is 0 Å². The van der Waals surface area contributed by atoms with Gasteiger partial charge in [0.2, 0.25) is 0 Å². The molecule has 5 heteroatoms. The number of hydrogen-bond acceptors (Lipinski definition) is 5. The molecule has 0 radical (unpaired) electrons. The van der Waals surface area contributed by atoms with Crippen molar-refractivity contribution in [2.45, 2.75) is 50.7 Å². The number of furan rings is 2. The van der Waals surface area contributed by atoms with Crippen LogP contribution in [0.15, 0.2) is 165 Å². The Bertz CT molecular complexity index is 2710. The van der Waals surface area contributed by atoms with Gasteiger partial charge in [0.25, 0.3) is 0 Å². The van der Waals surface area contributed by atoms with E-state index in [-0.39, 0.29) is 12.0 Å². The summed E-state index contributed by atoms with van der Waals surface area (Å²) in [5.41, 5.74) is 10.2. The molecule has 0 amide bonds. The second-order valence-corrected chi connectivity index (χ2v) is 15.0. The molecule has 5 aliphatic rings. The van der Waals surface area contributed by atoms with Crippen LogP contribution in [0, 0.1) is 18.1 Å². The molecule has 0 N–H and O–H groups in total. The number of para-hydroxylation sites is 2. The van der Waals surface area contributed by atoms with E-state index in [0.29, 0.717) is 0 Å². The van der Waals surface area contributed by atoms with Gasteiger partial charge in [-0.05, 0) is 111 Å². The lowest BCUT2D eigenvalue weighted by molar-refractivity contribution is 0.173. The van der Waals surface area contributed by atoms with Crippen LogP contribution in [0.3, 0.4) is 0 Å². The highest BCUT2D eigenvalue weighted by atomic mass is 16.5. The maximum Gasteiger partial charge on any atom is 0.146 e. The number of nitrogens with zero attached hydrogens (tertiary/aromatic N) is 2. The summed E-state index contributed by atoms with van der Waals surface area (Å²) in [6.07, 6.45) is 26.7. The van der Waals surface area contributed by atoms with Crippen molar-refractivity contribution < 1.29 is 13.6 Å². The van der Waals surface area contributed by atoms with E-state index in [0.717, 1.165) is 99.2 Å². The molecule has 0 fully saturated rings. The Kier molecular flexibility index (Phi) is 6.97. The predicted molar refractivity (Wildman–Crippen MR) is 217 cm³/mol. The van der Waals surface area contributed by atoms with Gasteiger partial charge < -0.3 is 23.4 Å². The van der Waals surface area contributed by atoms with Gasteiger partial charge in [0.15, 0.2) is 0 Å². The highest BCUT2D eigenvalue weighted by Gasteiger charge is 2.45. The second-order valence-electron chi connectivity index (χ2n) is 15.0. The van der Waals surface area contributed by atoms with Gasteiger partial charge in [-0.1, -0.05) is 78.9 Å². The van der Waals surface area contributed by atoms with E-state index in [4.69, 9.17) is 13.6 Å². The van der Waals surface area contributed by atoms with Gasteiger partial charge in [-0.2, -0.15) is 0 Å². The Hall–Kier alpha value is -6.38. The van der Waals surface area contributed by atoms with Gasteiger partial charge in [0.1, 0.15) is 40.1 Å². The number of rotatable bonds is 6. The number of benzene rings is 3. The first-order chi connectivity index (χ1) is 26.6. The molecule has 1 aliphatic heterocycles. The second kappa shape index (κ2) is 12.1. The molecular formula is C49H38N2O3.